The van der Waals surface area contributed by atoms with Gasteiger partial charge in [-0.2, -0.15) is 4.31 Å². The van der Waals surface area contributed by atoms with E-state index in [4.69, 9.17) is 4.74 Å². The zero-order chi connectivity index (χ0) is 20.0. The van der Waals surface area contributed by atoms with Crippen molar-refractivity contribution in [2.45, 2.75) is 30.7 Å². The molecule has 1 amide bonds. The minimum atomic E-state index is -3.57. The van der Waals surface area contributed by atoms with Crippen molar-refractivity contribution >= 4 is 15.9 Å². The van der Waals surface area contributed by atoms with Gasteiger partial charge >= 0.3 is 0 Å². The van der Waals surface area contributed by atoms with Crippen LogP contribution in [0.1, 0.15) is 19.8 Å². The van der Waals surface area contributed by atoms with Gasteiger partial charge in [0.05, 0.1) is 16.9 Å². The molecule has 0 spiro atoms. The van der Waals surface area contributed by atoms with Gasteiger partial charge in [-0.05, 0) is 44.0 Å². The average molecular weight is 403 g/mol. The van der Waals surface area contributed by atoms with Crippen LogP contribution in [-0.4, -0.2) is 44.4 Å². The third kappa shape index (κ3) is 5.11. The Balaban J connectivity index is 1.55. The van der Waals surface area contributed by atoms with Gasteiger partial charge in [-0.15, -0.1) is 0 Å². The van der Waals surface area contributed by atoms with E-state index in [-0.39, 0.29) is 29.3 Å². The smallest absolute Gasteiger partial charge is 0.243 e. The van der Waals surface area contributed by atoms with Crippen LogP contribution in [0.3, 0.4) is 0 Å². The fourth-order valence-corrected chi connectivity index (χ4v) is 4.80. The molecule has 28 heavy (non-hydrogen) atoms. The summed E-state index contributed by atoms with van der Waals surface area (Å²) >= 11 is 0. The monoisotopic (exact) mass is 402 g/mol. The molecule has 0 unspecified atom stereocenters. The van der Waals surface area contributed by atoms with E-state index in [1.165, 1.54) is 4.31 Å². The number of amides is 1. The first-order valence-corrected chi connectivity index (χ1v) is 10.9. The first-order chi connectivity index (χ1) is 13.5. The van der Waals surface area contributed by atoms with Gasteiger partial charge < -0.3 is 10.1 Å². The summed E-state index contributed by atoms with van der Waals surface area (Å²) in [6.45, 7) is 2.87. The van der Waals surface area contributed by atoms with Crippen molar-refractivity contribution < 1.29 is 17.9 Å². The Hall–Kier alpha value is -2.38. The fourth-order valence-electron chi connectivity index (χ4n) is 3.26. The van der Waals surface area contributed by atoms with Gasteiger partial charge in [0.15, 0.2) is 0 Å². The van der Waals surface area contributed by atoms with Crippen LogP contribution >= 0.6 is 0 Å². The van der Waals surface area contributed by atoms with Gasteiger partial charge in [0.25, 0.3) is 0 Å². The number of carbonyl (C=O) groups excluding carboxylic acids is 1. The third-order valence-corrected chi connectivity index (χ3v) is 6.65. The van der Waals surface area contributed by atoms with Gasteiger partial charge in [0.2, 0.25) is 15.9 Å². The topological polar surface area (TPSA) is 75.7 Å². The summed E-state index contributed by atoms with van der Waals surface area (Å²) in [7, 11) is -3.57. The second-order valence-electron chi connectivity index (χ2n) is 7.05. The number of piperidine rings is 1. The molecule has 1 aliphatic heterocycles. The summed E-state index contributed by atoms with van der Waals surface area (Å²) < 4.78 is 32.7. The number of nitrogens with one attached hydrogen (secondary N) is 1. The summed E-state index contributed by atoms with van der Waals surface area (Å²) in [4.78, 5) is 12.9. The molecule has 0 bridgehead atoms. The molecule has 0 aliphatic carbocycles. The van der Waals surface area contributed by atoms with E-state index in [9.17, 15) is 13.2 Å². The third-order valence-electron chi connectivity index (χ3n) is 4.77. The van der Waals surface area contributed by atoms with Gasteiger partial charge in [-0.25, -0.2) is 8.42 Å². The number of carbonyl (C=O) groups is 1. The number of para-hydroxylation sites is 1. The van der Waals surface area contributed by atoms with Crippen molar-refractivity contribution in [3.05, 3.63) is 60.7 Å². The summed E-state index contributed by atoms with van der Waals surface area (Å²) in [5, 5.41) is 2.95. The van der Waals surface area contributed by atoms with E-state index in [0.717, 1.165) is 5.75 Å². The maximum Gasteiger partial charge on any atom is 0.243 e. The lowest BCUT2D eigenvalue weighted by Gasteiger charge is -2.31. The first kappa shape index (κ1) is 20.4. The molecule has 2 aromatic carbocycles. The van der Waals surface area contributed by atoms with Crippen LogP contribution in [0.5, 0.6) is 5.75 Å². The lowest BCUT2D eigenvalue weighted by molar-refractivity contribution is -0.126. The molecule has 0 radical (unpaired) electrons. The zero-order valence-corrected chi connectivity index (χ0v) is 16.8. The highest BCUT2D eigenvalue weighted by Crippen LogP contribution is 2.24. The van der Waals surface area contributed by atoms with Gasteiger partial charge in [-0.1, -0.05) is 36.4 Å². The highest BCUT2D eigenvalue weighted by Gasteiger charge is 2.33. The average Bonchev–Trinajstić information content (AvgIpc) is 2.73. The fraction of sp³-hybridized carbons (Fsp3) is 0.381. The number of rotatable bonds is 7. The number of nitrogens with zero attached hydrogens (tertiary/aromatic N) is 1. The molecule has 1 heterocycles. The van der Waals surface area contributed by atoms with E-state index < -0.39 is 10.0 Å². The maximum absolute atomic E-state index is 12.8. The number of benzene rings is 2. The summed E-state index contributed by atoms with van der Waals surface area (Å²) in [6.07, 6.45) is 1.35. The SMILES string of the molecule is C[C@@H](COc1ccccc1)NC(=O)[C@H]1CCCN(S(=O)(=O)c2ccccc2)C1. The van der Waals surface area contributed by atoms with E-state index in [1.807, 2.05) is 37.3 Å². The van der Waals surface area contributed by atoms with Crippen molar-refractivity contribution in [1.82, 2.24) is 9.62 Å². The Bertz CT molecular complexity index is 872. The highest BCUT2D eigenvalue weighted by atomic mass is 32.2. The second-order valence-corrected chi connectivity index (χ2v) is 8.99. The lowest BCUT2D eigenvalue weighted by atomic mass is 9.98. The molecule has 0 saturated carbocycles. The molecule has 150 valence electrons. The lowest BCUT2D eigenvalue weighted by Crippen LogP contribution is -2.48. The molecule has 2 aromatic rings. The molecular weight excluding hydrogens is 376 g/mol. The molecule has 0 aromatic heterocycles. The standard InChI is InChI=1S/C21H26N2O4S/c1-17(16-27-19-10-4-2-5-11-19)22-21(24)18-9-8-14-23(15-18)28(25,26)20-12-6-3-7-13-20/h2-7,10-13,17-18H,8-9,14-16H2,1H3,(H,22,24)/t17-,18-/m0/s1. The maximum atomic E-state index is 12.8. The van der Waals surface area contributed by atoms with E-state index in [1.54, 1.807) is 30.3 Å². The van der Waals surface area contributed by atoms with Crippen molar-refractivity contribution in [3.8, 4) is 5.75 Å². The molecule has 6 nitrogen and oxygen atoms in total. The van der Waals surface area contributed by atoms with Crippen molar-refractivity contribution in [2.75, 3.05) is 19.7 Å². The van der Waals surface area contributed by atoms with Crippen LogP contribution in [-0.2, 0) is 14.8 Å². The van der Waals surface area contributed by atoms with Crippen LogP contribution in [0.2, 0.25) is 0 Å². The molecule has 1 aliphatic rings. The predicted molar refractivity (Wildman–Crippen MR) is 107 cm³/mol. The summed E-state index contributed by atoms with van der Waals surface area (Å²) in [5.41, 5.74) is 0. The molecule has 1 fully saturated rings. The predicted octanol–water partition coefficient (Wildman–Crippen LogP) is 2.67. The number of hydrogen-bond acceptors (Lipinski definition) is 4. The Labute approximate surface area is 166 Å². The van der Waals surface area contributed by atoms with Crippen LogP contribution < -0.4 is 10.1 Å². The molecular formula is C21H26N2O4S. The number of hydrogen-bond donors (Lipinski definition) is 1. The van der Waals surface area contributed by atoms with E-state index in [2.05, 4.69) is 5.32 Å². The minimum Gasteiger partial charge on any atom is -0.491 e. The largest absolute Gasteiger partial charge is 0.491 e. The van der Waals surface area contributed by atoms with Gasteiger partial charge in [-0.3, -0.25) is 4.79 Å². The summed E-state index contributed by atoms with van der Waals surface area (Å²) in [5.74, 6) is 0.268. The molecule has 1 N–H and O–H groups in total. The Morgan fingerprint density at radius 2 is 1.79 bits per heavy atom. The Morgan fingerprint density at radius 3 is 2.46 bits per heavy atom. The Kier molecular flexibility index (Phi) is 6.70. The van der Waals surface area contributed by atoms with Gasteiger partial charge in [0, 0.05) is 13.1 Å². The van der Waals surface area contributed by atoms with Crippen molar-refractivity contribution in [1.29, 1.82) is 0 Å². The highest BCUT2D eigenvalue weighted by molar-refractivity contribution is 7.89. The van der Waals surface area contributed by atoms with Crippen LogP contribution in [0.4, 0.5) is 0 Å². The van der Waals surface area contributed by atoms with Crippen LogP contribution in [0, 0.1) is 5.92 Å². The van der Waals surface area contributed by atoms with Gasteiger partial charge in [0.1, 0.15) is 12.4 Å². The van der Waals surface area contributed by atoms with E-state index in [0.29, 0.717) is 26.0 Å². The van der Waals surface area contributed by atoms with E-state index >= 15 is 0 Å². The van der Waals surface area contributed by atoms with Crippen LogP contribution in [0.25, 0.3) is 0 Å². The Morgan fingerprint density at radius 1 is 1.14 bits per heavy atom. The second kappa shape index (κ2) is 9.21. The van der Waals surface area contributed by atoms with Crippen LogP contribution in [0.15, 0.2) is 65.6 Å². The molecule has 1 saturated heterocycles. The minimum absolute atomic E-state index is 0.128. The number of ether oxygens (including phenoxy) is 1. The first-order valence-electron chi connectivity index (χ1n) is 9.50. The molecule has 3 rings (SSSR count). The normalized spacial score (nSPS) is 19.0. The quantitative estimate of drug-likeness (QED) is 0.773. The molecule has 2 atom stereocenters. The molecule has 7 heteroatoms. The van der Waals surface area contributed by atoms with Crippen molar-refractivity contribution in [3.63, 3.8) is 0 Å². The van der Waals surface area contributed by atoms with Crippen molar-refractivity contribution in [2.24, 2.45) is 5.92 Å². The zero-order valence-electron chi connectivity index (χ0n) is 16.0. The number of sulfonamides is 1. The summed E-state index contributed by atoms with van der Waals surface area (Å²) in [6, 6.07) is 17.6.